The molecule has 1 aromatic rings. The number of hydrogen-bond donors (Lipinski definition) is 2. The second kappa shape index (κ2) is 6.70. The van der Waals surface area contributed by atoms with Crippen LogP contribution in [0.4, 0.5) is 4.39 Å². The molecule has 0 aliphatic carbocycles. The molecule has 1 heterocycles. The van der Waals surface area contributed by atoms with Crippen molar-refractivity contribution in [2.45, 2.75) is 19.4 Å². The van der Waals surface area contributed by atoms with Gasteiger partial charge in [-0.3, -0.25) is 4.79 Å². The van der Waals surface area contributed by atoms with Crippen molar-refractivity contribution < 1.29 is 14.3 Å². The molecule has 1 fully saturated rings. The summed E-state index contributed by atoms with van der Waals surface area (Å²) in [4.78, 5) is 13.9. The molecular weight excluding hydrogens is 271 g/mol. The summed E-state index contributed by atoms with van der Waals surface area (Å²) >= 11 is 0. The molecule has 4 nitrogen and oxygen atoms in total. The molecule has 1 aliphatic heterocycles. The fourth-order valence-corrected chi connectivity index (χ4v) is 2.41. The van der Waals surface area contributed by atoms with Crippen molar-refractivity contribution in [3.8, 4) is 11.8 Å². The van der Waals surface area contributed by atoms with Crippen molar-refractivity contribution in [2.24, 2.45) is 11.7 Å². The van der Waals surface area contributed by atoms with Crippen LogP contribution in [0.5, 0.6) is 0 Å². The first kappa shape index (κ1) is 15.5. The molecule has 21 heavy (non-hydrogen) atoms. The van der Waals surface area contributed by atoms with E-state index in [-0.39, 0.29) is 23.9 Å². The van der Waals surface area contributed by atoms with Gasteiger partial charge in [-0.1, -0.05) is 18.8 Å². The van der Waals surface area contributed by atoms with E-state index in [2.05, 4.69) is 11.8 Å². The van der Waals surface area contributed by atoms with E-state index >= 15 is 0 Å². The van der Waals surface area contributed by atoms with Crippen LogP contribution < -0.4 is 5.73 Å². The lowest BCUT2D eigenvalue weighted by Gasteiger charge is -2.34. The topological polar surface area (TPSA) is 66.6 Å². The molecule has 3 N–H and O–H groups in total. The van der Waals surface area contributed by atoms with Crippen molar-refractivity contribution in [3.63, 3.8) is 0 Å². The zero-order chi connectivity index (χ0) is 15.4. The van der Waals surface area contributed by atoms with E-state index in [1.165, 1.54) is 12.1 Å². The number of carbonyl (C=O) groups is 1. The van der Waals surface area contributed by atoms with E-state index in [0.717, 1.165) is 0 Å². The SMILES string of the molecule is CC1CN(C(=O)c2ccc(C#CCN)cc2F)CCC1O. The standard InChI is InChI=1S/C16H19FN2O2/c1-11-10-19(8-6-15(11)20)16(21)13-5-4-12(3-2-7-18)9-14(13)17/h4-5,9,11,15,20H,6-8,10,18H2,1H3. The average Bonchev–Trinajstić information content (AvgIpc) is 2.47. The maximum Gasteiger partial charge on any atom is 0.256 e. The Hall–Kier alpha value is -1.90. The normalized spacial score (nSPS) is 21.6. The Kier molecular flexibility index (Phi) is 4.94. The van der Waals surface area contributed by atoms with E-state index < -0.39 is 11.9 Å². The number of nitrogens with zero attached hydrogens (tertiary/aromatic N) is 1. The Morgan fingerprint density at radius 3 is 2.95 bits per heavy atom. The Morgan fingerprint density at radius 1 is 1.57 bits per heavy atom. The summed E-state index contributed by atoms with van der Waals surface area (Å²) in [6.45, 7) is 2.97. The van der Waals surface area contributed by atoms with Gasteiger partial charge in [-0.2, -0.15) is 0 Å². The number of amides is 1. The molecule has 2 unspecified atom stereocenters. The summed E-state index contributed by atoms with van der Waals surface area (Å²) in [7, 11) is 0. The van der Waals surface area contributed by atoms with Gasteiger partial charge in [-0.05, 0) is 30.5 Å². The summed E-state index contributed by atoms with van der Waals surface area (Å²) in [5.41, 5.74) is 5.80. The predicted octanol–water partition coefficient (Wildman–Crippen LogP) is 0.979. The van der Waals surface area contributed by atoms with Crippen molar-refractivity contribution in [1.29, 1.82) is 0 Å². The number of hydrogen-bond acceptors (Lipinski definition) is 3. The van der Waals surface area contributed by atoms with Gasteiger partial charge in [0.25, 0.3) is 5.91 Å². The largest absolute Gasteiger partial charge is 0.393 e. The number of aliphatic hydroxyl groups excluding tert-OH is 1. The Morgan fingerprint density at radius 2 is 2.33 bits per heavy atom. The maximum atomic E-state index is 14.1. The Balaban J connectivity index is 2.16. The van der Waals surface area contributed by atoms with Gasteiger partial charge in [0.05, 0.1) is 18.2 Å². The summed E-state index contributed by atoms with van der Waals surface area (Å²) in [5, 5.41) is 9.68. The Labute approximate surface area is 123 Å². The van der Waals surface area contributed by atoms with Gasteiger partial charge >= 0.3 is 0 Å². The number of piperidine rings is 1. The number of nitrogens with two attached hydrogens (primary N) is 1. The number of carbonyl (C=O) groups excluding carboxylic acids is 1. The zero-order valence-electron chi connectivity index (χ0n) is 12.0. The third-order valence-electron chi connectivity index (χ3n) is 3.68. The van der Waals surface area contributed by atoms with E-state index in [9.17, 15) is 14.3 Å². The molecule has 0 saturated carbocycles. The van der Waals surface area contributed by atoms with Crippen LogP contribution in [-0.4, -0.2) is 41.7 Å². The third kappa shape index (κ3) is 3.60. The van der Waals surface area contributed by atoms with Crippen molar-refractivity contribution in [1.82, 2.24) is 4.90 Å². The minimum Gasteiger partial charge on any atom is -0.393 e. The second-order valence-corrected chi connectivity index (χ2v) is 5.29. The highest BCUT2D eigenvalue weighted by molar-refractivity contribution is 5.94. The molecule has 2 rings (SSSR count). The first-order chi connectivity index (χ1) is 10.0. The molecule has 1 aromatic carbocycles. The number of benzene rings is 1. The highest BCUT2D eigenvalue weighted by Gasteiger charge is 2.28. The third-order valence-corrected chi connectivity index (χ3v) is 3.68. The van der Waals surface area contributed by atoms with Gasteiger partial charge in [-0.15, -0.1) is 0 Å². The maximum absolute atomic E-state index is 14.1. The molecule has 0 aromatic heterocycles. The number of rotatable bonds is 1. The fourth-order valence-electron chi connectivity index (χ4n) is 2.41. The van der Waals surface area contributed by atoms with Gasteiger partial charge in [0, 0.05) is 18.7 Å². The first-order valence-electron chi connectivity index (χ1n) is 6.98. The second-order valence-electron chi connectivity index (χ2n) is 5.29. The van der Waals surface area contributed by atoms with E-state index in [0.29, 0.717) is 25.1 Å². The minimum atomic E-state index is -0.581. The molecule has 2 atom stereocenters. The van der Waals surface area contributed by atoms with Crippen LogP contribution in [0.25, 0.3) is 0 Å². The molecule has 0 radical (unpaired) electrons. The van der Waals surface area contributed by atoms with Crippen LogP contribution in [0.15, 0.2) is 18.2 Å². The fraction of sp³-hybridized carbons (Fsp3) is 0.438. The predicted molar refractivity (Wildman–Crippen MR) is 78.0 cm³/mol. The number of halogens is 1. The lowest BCUT2D eigenvalue weighted by Crippen LogP contribution is -2.45. The van der Waals surface area contributed by atoms with Crippen molar-refractivity contribution in [3.05, 3.63) is 35.1 Å². The average molecular weight is 290 g/mol. The van der Waals surface area contributed by atoms with Crippen LogP contribution in [0.1, 0.15) is 29.3 Å². The molecule has 1 aliphatic rings. The summed E-state index contributed by atoms with van der Waals surface area (Å²) < 4.78 is 14.1. The van der Waals surface area contributed by atoms with Crippen LogP contribution in [-0.2, 0) is 0 Å². The van der Waals surface area contributed by atoms with Crippen LogP contribution in [0.2, 0.25) is 0 Å². The highest BCUT2D eigenvalue weighted by Crippen LogP contribution is 2.20. The van der Waals surface area contributed by atoms with Crippen molar-refractivity contribution >= 4 is 5.91 Å². The molecule has 1 saturated heterocycles. The molecule has 1 amide bonds. The highest BCUT2D eigenvalue weighted by atomic mass is 19.1. The number of likely N-dealkylation sites (tertiary alicyclic amines) is 1. The molecule has 5 heteroatoms. The molecular formula is C16H19FN2O2. The minimum absolute atomic E-state index is 0.000422. The van der Waals surface area contributed by atoms with E-state index in [1.54, 1.807) is 11.0 Å². The van der Waals surface area contributed by atoms with Gasteiger partial charge in [0.15, 0.2) is 0 Å². The van der Waals surface area contributed by atoms with Crippen LogP contribution >= 0.6 is 0 Å². The first-order valence-corrected chi connectivity index (χ1v) is 6.98. The van der Waals surface area contributed by atoms with Crippen LogP contribution in [0.3, 0.4) is 0 Å². The Bertz CT molecular complexity index is 592. The lowest BCUT2D eigenvalue weighted by molar-refractivity contribution is 0.0295. The molecule has 112 valence electrons. The number of aliphatic hydroxyl groups is 1. The van der Waals surface area contributed by atoms with Crippen LogP contribution in [0, 0.1) is 23.6 Å². The molecule has 0 spiro atoms. The van der Waals surface area contributed by atoms with Gasteiger partial charge in [0.2, 0.25) is 0 Å². The van der Waals surface area contributed by atoms with Gasteiger partial charge in [-0.25, -0.2) is 4.39 Å². The van der Waals surface area contributed by atoms with E-state index in [4.69, 9.17) is 5.73 Å². The summed E-state index contributed by atoms with van der Waals surface area (Å²) in [6.07, 6.45) is 0.127. The lowest BCUT2D eigenvalue weighted by atomic mass is 9.96. The summed E-state index contributed by atoms with van der Waals surface area (Å²) in [6, 6.07) is 4.31. The van der Waals surface area contributed by atoms with E-state index in [1.807, 2.05) is 6.92 Å². The zero-order valence-corrected chi connectivity index (χ0v) is 12.0. The van der Waals surface area contributed by atoms with Gasteiger partial charge in [0.1, 0.15) is 5.82 Å². The smallest absolute Gasteiger partial charge is 0.256 e. The van der Waals surface area contributed by atoms with Gasteiger partial charge < -0.3 is 15.7 Å². The quantitative estimate of drug-likeness (QED) is 0.758. The summed E-state index contributed by atoms with van der Waals surface area (Å²) in [5.74, 6) is 4.45. The molecule has 0 bridgehead atoms. The van der Waals surface area contributed by atoms with Crippen molar-refractivity contribution in [2.75, 3.05) is 19.6 Å². The monoisotopic (exact) mass is 290 g/mol.